The Balaban J connectivity index is 6.29. The average molecular weight is 807 g/mol. The molecule has 6 atom stereocenters. The zero-order valence-electron chi connectivity index (χ0n) is 30.6. The van der Waals surface area contributed by atoms with Gasteiger partial charge in [0, 0.05) is 13.3 Å². The summed E-state index contributed by atoms with van der Waals surface area (Å²) in [6.07, 6.45) is 2.40. The number of carboxylic acid groups (broad SMARTS) is 1. The number of hydrogen-bond acceptors (Lipinski definition) is 13. The van der Waals surface area contributed by atoms with Crippen molar-refractivity contribution in [1.82, 2.24) is 31.9 Å². The van der Waals surface area contributed by atoms with Gasteiger partial charge < -0.3 is 59.9 Å². The topological polar surface area (TPSA) is 367 Å². The molecule has 0 saturated carbocycles. The molecule has 0 fully saturated rings. The minimum Gasteiger partial charge on any atom is -0.481 e. The molecule has 0 saturated heterocycles. The van der Waals surface area contributed by atoms with E-state index in [9.17, 15) is 53.1 Å². The number of carbonyl (C=O) groups excluding carboxylic acids is 9. The van der Waals surface area contributed by atoms with Crippen LogP contribution in [0.3, 0.4) is 0 Å². The maximum Gasteiger partial charge on any atom is 0.305 e. The second-order valence-corrected chi connectivity index (χ2v) is 14.1. The van der Waals surface area contributed by atoms with Crippen molar-refractivity contribution in [2.45, 2.75) is 101 Å². The minimum absolute atomic E-state index is 0.00384. The Hall–Kier alpha value is -4.64. The molecule has 0 aromatic carbocycles. The maximum atomic E-state index is 13.7. The number of nitrogens with two attached hydrogens (primary N) is 4. The summed E-state index contributed by atoms with van der Waals surface area (Å²) in [5.74, 6) is -8.65. The molecule has 9 amide bonds. The van der Waals surface area contributed by atoms with Gasteiger partial charge in [0.2, 0.25) is 53.2 Å². The van der Waals surface area contributed by atoms with E-state index in [1.54, 1.807) is 12.5 Å². The van der Waals surface area contributed by atoms with Gasteiger partial charge in [-0.15, -0.1) is 0 Å². The first-order valence-corrected chi connectivity index (χ1v) is 19.7. The molecule has 54 heavy (non-hydrogen) atoms. The second kappa shape index (κ2) is 27.0. The number of thioether (sulfide) groups is 2. The van der Waals surface area contributed by atoms with E-state index in [2.05, 4.69) is 31.9 Å². The molecular formula is C31H54N10O11S2. The molecule has 15 N–H and O–H groups in total. The molecule has 0 aromatic heterocycles. The van der Waals surface area contributed by atoms with E-state index >= 15 is 0 Å². The highest BCUT2D eigenvalue weighted by Crippen LogP contribution is 2.09. The highest BCUT2D eigenvalue weighted by molar-refractivity contribution is 7.98. The molecule has 0 rings (SSSR count). The highest BCUT2D eigenvalue weighted by Gasteiger charge is 2.34. The van der Waals surface area contributed by atoms with E-state index in [0.717, 1.165) is 6.92 Å². The third-order valence-corrected chi connectivity index (χ3v) is 8.81. The van der Waals surface area contributed by atoms with E-state index in [1.165, 1.54) is 23.5 Å². The largest absolute Gasteiger partial charge is 0.481 e. The molecule has 0 spiro atoms. The van der Waals surface area contributed by atoms with Gasteiger partial charge in [-0.05, 0) is 69.1 Å². The van der Waals surface area contributed by atoms with Crippen LogP contribution in [0.25, 0.3) is 0 Å². The van der Waals surface area contributed by atoms with Gasteiger partial charge in [0.1, 0.15) is 36.3 Å². The van der Waals surface area contributed by atoms with E-state index in [4.69, 9.17) is 22.9 Å². The lowest BCUT2D eigenvalue weighted by molar-refractivity contribution is -0.141. The van der Waals surface area contributed by atoms with Crippen LogP contribution in [0, 0.1) is 0 Å². The SMILES string of the molecule is CSCC[C@H](NC(=O)[C@H](CCCCN)NC(=O)[C@H](CCSC)NC(=O)[C@H](CC(=O)O)NC(=O)[C@H](CCC(N)=O)NC(C)=O)C(=O)N[C@@H](CC(N)=O)C(N)=O. The number of unbranched alkanes of at least 4 members (excludes halogenated alkanes) is 1. The molecule has 0 aliphatic heterocycles. The maximum absolute atomic E-state index is 13.7. The number of carbonyl (C=O) groups is 10. The number of primary amides is 3. The Morgan fingerprint density at radius 2 is 0.944 bits per heavy atom. The number of nitrogens with one attached hydrogen (secondary N) is 6. The lowest BCUT2D eigenvalue weighted by Gasteiger charge is -2.27. The molecule has 23 heteroatoms. The van der Waals surface area contributed by atoms with Crippen molar-refractivity contribution in [2.75, 3.05) is 30.6 Å². The molecule has 0 aliphatic rings. The van der Waals surface area contributed by atoms with Crippen molar-refractivity contribution in [2.24, 2.45) is 22.9 Å². The fourth-order valence-corrected chi connectivity index (χ4v) is 5.68. The summed E-state index contributed by atoms with van der Waals surface area (Å²) < 4.78 is 0. The van der Waals surface area contributed by atoms with E-state index in [0.29, 0.717) is 24.3 Å². The molecule has 0 aromatic rings. The van der Waals surface area contributed by atoms with Gasteiger partial charge in [0.05, 0.1) is 12.8 Å². The fourth-order valence-electron chi connectivity index (χ4n) is 4.74. The number of rotatable bonds is 29. The zero-order valence-corrected chi connectivity index (χ0v) is 32.2. The molecular weight excluding hydrogens is 753 g/mol. The number of carboxylic acids is 1. The molecule has 306 valence electrons. The molecule has 0 unspecified atom stereocenters. The van der Waals surface area contributed by atoms with Gasteiger partial charge >= 0.3 is 5.97 Å². The normalized spacial score (nSPS) is 14.1. The Labute approximate surface area is 321 Å². The summed E-state index contributed by atoms with van der Waals surface area (Å²) in [5.41, 5.74) is 21.2. The van der Waals surface area contributed by atoms with Crippen LogP contribution in [0.2, 0.25) is 0 Å². The Kier molecular flexibility index (Phi) is 24.7. The van der Waals surface area contributed by atoms with Crippen LogP contribution in [-0.2, 0) is 47.9 Å². The Bertz CT molecular complexity index is 1340. The standard InChI is InChI=1S/C31H54N10O11S2/c1-16(42)36-18(7-8-23(33)43)28(49)41-22(15-25(45)46)31(52)39-19(9-12-53-2)29(50)37-17(6-4-5-11-32)27(48)38-20(10-13-54-3)30(51)40-21(26(35)47)14-24(34)44/h17-22H,4-15,32H2,1-3H3,(H2,33,43)(H2,34,44)(H2,35,47)(H,36,42)(H,37,50)(H,38,48)(H,39,52)(H,40,51)(H,41,49)(H,45,46)/t17-,18-,19-,20-,21-,22-/m0/s1. The van der Waals surface area contributed by atoms with Crippen molar-refractivity contribution in [3.63, 3.8) is 0 Å². The minimum atomic E-state index is -1.73. The lowest BCUT2D eigenvalue weighted by Crippen LogP contribution is -2.60. The van der Waals surface area contributed by atoms with E-state index < -0.39 is 108 Å². The first-order valence-electron chi connectivity index (χ1n) is 16.9. The molecule has 0 heterocycles. The summed E-state index contributed by atoms with van der Waals surface area (Å²) >= 11 is 2.68. The molecule has 0 bridgehead atoms. The average Bonchev–Trinajstić information content (AvgIpc) is 3.08. The molecule has 0 aliphatic carbocycles. The van der Waals surface area contributed by atoms with Crippen LogP contribution in [0.4, 0.5) is 0 Å². The van der Waals surface area contributed by atoms with Gasteiger partial charge in [0.25, 0.3) is 0 Å². The second-order valence-electron chi connectivity index (χ2n) is 12.1. The number of aliphatic carboxylic acids is 1. The van der Waals surface area contributed by atoms with Gasteiger partial charge in [-0.3, -0.25) is 47.9 Å². The van der Waals surface area contributed by atoms with Crippen molar-refractivity contribution < 1.29 is 53.1 Å². The first-order chi connectivity index (χ1) is 25.4. The fraction of sp³-hybridized carbons (Fsp3) is 0.677. The quantitative estimate of drug-likeness (QED) is 0.0319. The first kappa shape index (κ1) is 49.4. The Morgan fingerprint density at radius 3 is 1.31 bits per heavy atom. The van der Waals surface area contributed by atoms with Gasteiger partial charge in [-0.2, -0.15) is 23.5 Å². The van der Waals surface area contributed by atoms with E-state index in [-0.39, 0.29) is 38.6 Å². The summed E-state index contributed by atoms with van der Waals surface area (Å²) in [6.45, 7) is 1.37. The van der Waals surface area contributed by atoms with Crippen molar-refractivity contribution in [3.05, 3.63) is 0 Å². The summed E-state index contributed by atoms with van der Waals surface area (Å²) in [5, 5.41) is 23.9. The molecule has 21 nitrogen and oxygen atoms in total. The molecule has 0 radical (unpaired) electrons. The van der Waals surface area contributed by atoms with Crippen LogP contribution < -0.4 is 54.8 Å². The van der Waals surface area contributed by atoms with Crippen LogP contribution >= 0.6 is 23.5 Å². The lowest BCUT2D eigenvalue weighted by atomic mass is 10.1. The van der Waals surface area contributed by atoms with Crippen molar-refractivity contribution in [1.29, 1.82) is 0 Å². The summed E-state index contributed by atoms with van der Waals surface area (Å²) in [6, 6.07) is -8.35. The van der Waals surface area contributed by atoms with Crippen molar-refractivity contribution in [3.8, 4) is 0 Å². The van der Waals surface area contributed by atoms with Crippen LogP contribution in [0.1, 0.15) is 64.7 Å². The number of amides is 9. The van der Waals surface area contributed by atoms with E-state index in [1.807, 2.05) is 0 Å². The third-order valence-electron chi connectivity index (χ3n) is 7.52. The predicted molar refractivity (Wildman–Crippen MR) is 200 cm³/mol. The smallest absolute Gasteiger partial charge is 0.305 e. The van der Waals surface area contributed by atoms with Gasteiger partial charge in [-0.25, -0.2) is 0 Å². The van der Waals surface area contributed by atoms with Crippen molar-refractivity contribution >= 4 is 82.7 Å². The van der Waals surface area contributed by atoms with Crippen LogP contribution in [0.15, 0.2) is 0 Å². The van der Waals surface area contributed by atoms with Gasteiger partial charge in [-0.1, -0.05) is 0 Å². The highest BCUT2D eigenvalue weighted by atomic mass is 32.2. The van der Waals surface area contributed by atoms with Crippen LogP contribution in [-0.4, -0.2) is 131 Å². The Morgan fingerprint density at radius 1 is 0.537 bits per heavy atom. The van der Waals surface area contributed by atoms with Gasteiger partial charge in [0.15, 0.2) is 0 Å². The third kappa shape index (κ3) is 21.2. The van der Waals surface area contributed by atoms with Crippen LogP contribution in [0.5, 0.6) is 0 Å². The predicted octanol–water partition coefficient (Wildman–Crippen LogP) is -4.35. The zero-order chi connectivity index (χ0) is 41.4. The summed E-state index contributed by atoms with van der Waals surface area (Å²) in [7, 11) is 0. The number of hydrogen-bond donors (Lipinski definition) is 11. The summed E-state index contributed by atoms with van der Waals surface area (Å²) in [4.78, 5) is 125. The monoisotopic (exact) mass is 806 g/mol.